The van der Waals surface area contributed by atoms with E-state index in [4.69, 9.17) is 0 Å². The monoisotopic (exact) mass is 508 g/mol. The smallest absolute Gasteiger partial charge is 0 e. The minimum atomic E-state index is 0. The van der Waals surface area contributed by atoms with Gasteiger partial charge in [-0.3, -0.25) is 0 Å². The lowest BCUT2D eigenvalue weighted by Gasteiger charge is -0.413. The summed E-state index contributed by atoms with van der Waals surface area (Å²) in [5, 5.41) is 0. The summed E-state index contributed by atoms with van der Waals surface area (Å²) < 4.78 is 0. The van der Waals surface area contributed by atoms with Gasteiger partial charge in [-0.1, -0.05) is 0 Å². The van der Waals surface area contributed by atoms with Gasteiger partial charge in [0, 0.05) is 32.9 Å². The normalized spacial score (nSPS) is 0. The highest BCUT2D eigenvalue weighted by molar-refractivity contribution is 6.92. The Morgan fingerprint density at radius 1 is 0.130 bits per heavy atom. The van der Waals surface area contributed by atoms with Crippen molar-refractivity contribution in [3.63, 3.8) is 0 Å². The van der Waals surface area contributed by atoms with E-state index in [2.05, 4.69) is 0 Å². The average molecular weight is 508 g/mol. The second-order valence-electron chi connectivity index (χ2n) is 0. The van der Waals surface area contributed by atoms with Crippen molar-refractivity contribution in [2.45, 2.75) is 0 Å². The fourth-order valence-corrected chi connectivity index (χ4v) is 0. The van der Waals surface area contributed by atoms with Gasteiger partial charge in [-0.25, -0.2) is 0 Å². The highest BCUT2D eigenvalue weighted by atomic mass is 31.0. The second-order valence-corrected chi connectivity index (χ2v) is 0. The van der Waals surface area contributed by atoms with Crippen LogP contribution in [0.3, 0.4) is 0 Å². The van der Waals surface area contributed by atoms with E-state index in [9.17, 15) is 0 Å². The Morgan fingerprint density at radius 3 is 0.130 bits per heavy atom. The SMILES string of the molecule is O.O.O.O.O.O.O.O.O.O.O.O.O.O.O.O.P.P.P.P.[Si].[Si].[Si]. The van der Waals surface area contributed by atoms with Gasteiger partial charge in [0.15, 0.2) is 0 Å². The van der Waals surface area contributed by atoms with Crippen molar-refractivity contribution in [2.75, 3.05) is 0 Å². The third-order valence-electron chi connectivity index (χ3n) is 0. The molecule has 32 N–H and O–H groups in total. The van der Waals surface area contributed by atoms with Crippen LogP contribution in [-0.2, 0) is 0 Å². The predicted octanol–water partition coefficient (Wildman–Crippen LogP) is -14.1. The number of hydrogen-bond donors (Lipinski definition) is 0. The highest BCUT2D eigenvalue weighted by Gasteiger charge is 0.00221. The van der Waals surface area contributed by atoms with Crippen LogP contribution in [-0.4, -0.2) is 121 Å². The molecule has 16 nitrogen and oxygen atoms in total. The Kier molecular flexibility index (Phi) is 828000. The Balaban J connectivity index is 0. The summed E-state index contributed by atoms with van der Waals surface area (Å²) in [4.78, 5) is 0. The maximum Gasteiger partial charge on any atom is 0 e. The van der Waals surface area contributed by atoms with Gasteiger partial charge in [0.1, 0.15) is 0 Å². The van der Waals surface area contributed by atoms with Crippen molar-refractivity contribution in [1.82, 2.24) is 0 Å². The molecule has 0 aromatic carbocycles. The summed E-state index contributed by atoms with van der Waals surface area (Å²) in [6.45, 7) is 0. The fourth-order valence-electron chi connectivity index (χ4n) is 0. The Bertz CT molecular complexity index is 27.3. The molecule has 0 spiro atoms. The van der Waals surface area contributed by atoms with Gasteiger partial charge < -0.3 is 87.6 Å². The van der Waals surface area contributed by atoms with E-state index in [1.165, 1.54) is 0 Å². The fraction of sp³-hybridized carbons (Fsp3) is 0. The second kappa shape index (κ2) is 4090. The van der Waals surface area contributed by atoms with Crippen LogP contribution in [0.2, 0.25) is 0 Å². The average Bonchev–Trinajstić information content (AvgIpc) is 0. The molecule has 0 aromatic rings. The minimum Gasteiger partial charge on any atom is -0.412 e. The molecule has 172 valence electrons. The van der Waals surface area contributed by atoms with Crippen LogP contribution >= 0.6 is 39.6 Å². The van der Waals surface area contributed by atoms with Crippen LogP contribution in [0.25, 0.3) is 0 Å². The highest BCUT2D eigenvalue weighted by Crippen LogP contribution is 0.864. The first-order chi connectivity index (χ1) is 0. The van der Waals surface area contributed by atoms with Gasteiger partial charge in [0.2, 0.25) is 0 Å². The Hall–Kier alpha value is 1.73. The molecule has 0 fully saturated rings. The minimum absolute atomic E-state index is 0. The van der Waals surface area contributed by atoms with Gasteiger partial charge in [-0.15, -0.1) is 0 Å². The van der Waals surface area contributed by atoms with Crippen LogP contribution in [0, 0.1) is 0 Å². The van der Waals surface area contributed by atoms with Crippen molar-refractivity contribution in [2.24, 2.45) is 0 Å². The lowest BCUT2D eigenvalue weighted by molar-refractivity contribution is 0.823. The largest absolute Gasteiger partial charge is 0.412 e. The standard InChI is InChI=1S/16H2O.4H3P.3Si/h16*1H2;4*1H3;;;. The lowest BCUT2D eigenvalue weighted by Crippen LogP contribution is -0.382. The third-order valence-corrected chi connectivity index (χ3v) is 0. The topological polar surface area (TPSA) is 504 Å². The van der Waals surface area contributed by atoms with Crippen LogP contribution in [0.15, 0.2) is 0 Å². The zero-order valence-corrected chi connectivity index (χ0v) is 21.0. The van der Waals surface area contributed by atoms with E-state index in [-0.39, 0.29) is 160 Å². The third kappa shape index (κ3) is 3740. The number of hydrogen-bond acceptors (Lipinski definition) is 0. The molecule has 0 heterocycles. The quantitative estimate of drug-likeness (QED) is 0.217. The maximum absolute atomic E-state index is 0. The molecule has 0 saturated heterocycles. The molecular formula is H44O16P4Si3. The van der Waals surface area contributed by atoms with E-state index in [1.54, 1.807) is 0 Å². The molecule has 23 heteroatoms. The summed E-state index contributed by atoms with van der Waals surface area (Å²) in [5.74, 6) is 0. The van der Waals surface area contributed by atoms with Crippen LogP contribution < -0.4 is 0 Å². The van der Waals surface area contributed by atoms with Crippen molar-refractivity contribution in [1.29, 1.82) is 0 Å². The van der Waals surface area contributed by atoms with Crippen molar-refractivity contribution in [3.8, 4) is 0 Å². The summed E-state index contributed by atoms with van der Waals surface area (Å²) in [6, 6.07) is 0. The molecule has 0 aromatic heterocycles. The first kappa shape index (κ1) is 4650. The summed E-state index contributed by atoms with van der Waals surface area (Å²) in [7, 11) is 0. The molecule has 0 aliphatic rings. The molecule has 4 unspecified atom stereocenters. The lowest BCUT2D eigenvalue weighted by atomic mass is 16.0. The van der Waals surface area contributed by atoms with E-state index in [0.717, 1.165) is 0 Å². The van der Waals surface area contributed by atoms with E-state index in [1.807, 2.05) is 0 Å². The van der Waals surface area contributed by atoms with Crippen LogP contribution in [0.5, 0.6) is 0 Å². The molecule has 0 aliphatic carbocycles. The van der Waals surface area contributed by atoms with E-state index >= 15 is 0 Å². The molecule has 0 bridgehead atoms. The first-order valence-electron chi connectivity index (χ1n) is 0. The molecule has 12 radical (unpaired) electrons. The molecule has 4 atom stereocenters. The van der Waals surface area contributed by atoms with Gasteiger partial charge in [0.25, 0.3) is 0 Å². The molecular weight excluding hydrogens is 464 g/mol. The zero-order valence-electron chi connectivity index (χ0n) is 12.3. The summed E-state index contributed by atoms with van der Waals surface area (Å²) >= 11 is 0. The molecule has 23 heavy (non-hydrogen) atoms. The van der Waals surface area contributed by atoms with Crippen molar-refractivity contribution < 1.29 is 87.6 Å². The summed E-state index contributed by atoms with van der Waals surface area (Å²) in [6.07, 6.45) is 0. The predicted molar refractivity (Wildman–Crippen MR) is 120 cm³/mol. The van der Waals surface area contributed by atoms with Crippen molar-refractivity contribution >= 4 is 72.5 Å². The van der Waals surface area contributed by atoms with Gasteiger partial charge in [0.05, 0.1) is 0 Å². The molecule has 0 amide bonds. The molecule has 0 aliphatic heterocycles. The van der Waals surface area contributed by atoms with Gasteiger partial charge in [-0.05, 0) is 0 Å². The zero-order chi connectivity index (χ0) is 0. The van der Waals surface area contributed by atoms with Gasteiger partial charge >= 0.3 is 0 Å². The summed E-state index contributed by atoms with van der Waals surface area (Å²) in [5.41, 5.74) is 0. The maximum atomic E-state index is 0. The van der Waals surface area contributed by atoms with Crippen molar-refractivity contribution in [3.05, 3.63) is 0 Å². The molecule has 0 saturated carbocycles. The van der Waals surface area contributed by atoms with E-state index < -0.39 is 0 Å². The van der Waals surface area contributed by atoms with Crippen LogP contribution in [0.1, 0.15) is 0 Å². The molecule has 0 rings (SSSR count). The Labute approximate surface area is 160 Å². The van der Waals surface area contributed by atoms with E-state index in [0.29, 0.717) is 0 Å². The first-order valence-corrected chi connectivity index (χ1v) is 0. The van der Waals surface area contributed by atoms with Gasteiger partial charge in [-0.2, -0.15) is 39.6 Å². The Morgan fingerprint density at radius 2 is 0.130 bits per heavy atom. The van der Waals surface area contributed by atoms with Crippen LogP contribution in [0.4, 0.5) is 0 Å². The number of rotatable bonds is 0.